The third kappa shape index (κ3) is 78.3. The van der Waals surface area contributed by atoms with Crippen LogP contribution in [0.15, 0.2) is 0 Å². The van der Waals surface area contributed by atoms with E-state index < -0.39 is 37.9 Å². The molecule has 0 heterocycles. The first kappa shape index (κ1) is 24.1. The van der Waals surface area contributed by atoms with Crippen LogP contribution in [0, 0.1) is 0 Å². The average Bonchev–Trinajstić information content (AvgIpc) is 2.19. The maximum Gasteiger partial charge on any atom is 3.00 e. The van der Waals surface area contributed by atoms with Crippen LogP contribution in [0.5, 0.6) is 0 Å². The van der Waals surface area contributed by atoms with Crippen LogP contribution >= 0.6 is 0 Å². The molecule has 0 aromatic carbocycles. The second kappa shape index (κ2) is 19.3. The van der Waals surface area contributed by atoms with E-state index in [1.54, 1.807) is 0 Å². The molecule has 1 radical (unpaired) electrons. The molecule has 0 atom stereocenters. The number of halogens is 3. The summed E-state index contributed by atoms with van der Waals surface area (Å²) in [5.41, 5.74) is 0. The topological polar surface area (TPSA) is 120 Å². The third-order valence-electron chi connectivity index (χ3n) is 0.327. The van der Waals surface area contributed by atoms with E-state index in [9.17, 15) is 13.2 Å². The van der Waals surface area contributed by atoms with Gasteiger partial charge in [-0.3, -0.25) is 0 Å². The van der Waals surface area contributed by atoms with Gasteiger partial charge in [0, 0.05) is 0 Å². The summed E-state index contributed by atoms with van der Waals surface area (Å²) in [4.78, 5) is 26.6. The molecule has 0 aliphatic heterocycles. The van der Waals surface area contributed by atoms with Crippen LogP contribution in [-0.4, -0.2) is 37.9 Å². The molecule has 0 aromatic rings. The van der Waals surface area contributed by atoms with Gasteiger partial charge in [-0.2, -0.15) is 0 Å². The van der Waals surface area contributed by atoms with E-state index >= 15 is 0 Å². The Labute approximate surface area is 98.8 Å². The van der Waals surface area contributed by atoms with Crippen LogP contribution in [0.4, 0.5) is 13.2 Å². The fourth-order valence-corrected chi connectivity index (χ4v) is 0. The van der Waals surface area contributed by atoms with Crippen LogP contribution in [0.1, 0.15) is 0 Å². The number of carboxylic acids is 3. The first-order chi connectivity index (χ1) is 6.81. The SMILES string of the molecule is O=C([O-])CF.O=C([O-])CF.O=C([O-])CF.[Cr+3]. The zero-order valence-electron chi connectivity index (χ0n) is 7.61. The zero-order chi connectivity index (χ0) is 12.9. The van der Waals surface area contributed by atoms with Gasteiger partial charge in [0.25, 0.3) is 0 Å². The van der Waals surface area contributed by atoms with Gasteiger partial charge in [0.2, 0.25) is 0 Å². The molecule has 0 rings (SSSR count). The van der Waals surface area contributed by atoms with Gasteiger partial charge >= 0.3 is 17.4 Å². The van der Waals surface area contributed by atoms with Gasteiger partial charge in [0.05, 0.1) is 17.9 Å². The molecule has 0 saturated heterocycles. The summed E-state index contributed by atoms with van der Waals surface area (Å²) in [5.74, 6) is -4.99. The maximum atomic E-state index is 10.5. The first-order valence-electron chi connectivity index (χ1n) is 3.09. The van der Waals surface area contributed by atoms with E-state index in [2.05, 4.69) is 0 Å². The second-order valence-electron chi connectivity index (χ2n) is 1.52. The van der Waals surface area contributed by atoms with Crippen molar-refractivity contribution in [2.45, 2.75) is 0 Å². The molecule has 0 fully saturated rings. The van der Waals surface area contributed by atoms with Crippen LogP contribution in [-0.2, 0) is 31.7 Å². The van der Waals surface area contributed by atoms with Gasteiger partial charge in [-0.05, 0) is 0 Å². The zero-order valence-corrected chi connectivity index (χ0v) is 8.89. The van der Waals surface area contributed by atoms with Crippen molar-refractivity contribution in [3.63, 3.8) is 0 Å². The number of aliphatic carboxylic acids is 3. The maximum absolute atomic E-state index is 10.5. The molecule has 0 unspecified atom stereocenters. The van der Waals surface area contributed by atoms with Crippen LogP contribution in [0.3, 0.4) is 0 Å². The Morgan fingerprint density at radius 1 is 0.688 bits per heavy atom. The summed E-state index contributed by atoms with van der Waals surface area (Å²) in [6, 6.07) is 0. The van der Waals surface area contributed by atoms with Gasteiger partial charge in [0.1, 0.15) is 20.0 Å². The third-order valence-corrected chi connectivity index (χ3v) is 0.327. The predicted octanol–water partition coefficient (Wildman–Crippen LogP) is -3.89. The molecule has 0 amide bonds. The van der Waals surface area contributed by atoms with E-state index in [4.69, 9.17) is 29.7 Å². The van der Waals surface area contributed by atoms with Crippen molar-refractivity contribution in [2.24, 2.45) is 0 Å². The first-order valence-corrected chi connectivity index (χ1v) is 3.09. The van der Waals surface area contributed by atoms with E-state index in [1.165, 1.54) is 0 Å². The number of carbonyl (C=O) groups excluding carboxylic acids is 3. The molecule has 0 spiro atoms. The van der Waals surface area contributed by atoms with Crippen molar-refractivity contribution >= 4 is 17.9 Å². The minimum absolute atomic E-state index is 0. The molecule has 0 N–H and O–H groups in total. The minimum Gasteiger partial charge on any atom is -0.547 e. The molecule has 0 saturated carbocycles. The molecule has 0 aromatic heterocycles. The Morgan fingerprint density at radius 2 is 0.750 bits per heavy atom. The van der Waals surface area contributed by atoms with Gasteiger partial charge in [-0.15, -0.1) is 0 Å². The quantitative estimate of drug-likeness (QED) is 0.522. The Hall–Kier alpha value is -1.27. The number of carbonyl (C=O) groups is 3. The number of rotatable bonds is 3. The Morgan fingerprint density at radius 3 is 0.750 bits per heavy atom. The van der Waals surface area contributed by atoms with Crippen molar-refractivity contribution in [3.05, 3.63) is 0 Å². The van der Waals surface area contributed by atoms with E-state index in [1.807, 2.05) is 0 Å². The summed E-state index contributed by atoms with van der Waals surface area (Å²) < 4.78 is 31.4. The smallest absolute Gasteiger partial charge is 0.547 e. The molecule has 0 aliphatic rings. The minimum atomic E-state index is -1.66. The monoisotopic (exact) mass is 283 g/mol. The van der Waals surface area contributed by atoms with Crippen LogP contribution in [0.2, 0.25) is 0 Å². The number of hydrogen-bond donors (Lipinski definition) is 0. The standard InChI is InChI=1S/3C2H3FO2.Cr/c3*3-1-2(4)5;/h3*1H2,(H,4,5);/q;;;+3/p-3. The second-order valence-corrected chi connectivity index (χ2v) is 1.52. The average molecular weight is 283 g/mol. The summed E-state index contributed by atoms with van der Waals surface area (Å²) >= 11 is 0. The molecule has 6 nitrogen and oxygen atoms in total. The van der Waals surface area contributed by atoms with Crippen molar-refractivity contribution in [1.82, 2.24) is 0 Å². The molecular formula is C6H6CrF3O6. The summed E-state index contributed by atoms with van der Waals surface area (Å²) in [6.07, 6.45) is 0. The van der Waals surface area contributed by atoms with Gasteiger partial charge in [-0.1, -0.05) is 0 Å². The largest absolute Gasteiger partial charge is 3.00 e. The predicted molar refractivity (Wildman–Crippen MR) is 32.9 cm³/mol. The van der Waals surface area contributed by atoms with Crippen molar-refractivity contribution in [2.75, 3.05) is 20.0 Å². The Bertz CT molecular complexity index is 167. The van der Waals surface area contributed by atoms with Crippen LogP contribution in [0.25, 0.3) is 0 Å². The number of carboxylic acid groups (broad SMARTS) is 3. The summed E-state index contributed by atoms with van der Waals surface area (Å²) in [5, 5.41) is 26.6. The van der Waals surface area contributed by atoms with Gasteiger partial charge in [0.15, 0.2) is 0 Å². The number of alkyl halides is 3. The summed E-state index contributed by atoms with van der Waals surface area (Å²) in [6.45, 7) is -4.17. The van der Waals surface area contributed by atoms with Gasteiger partial charge < -0.3 is 29.7 Å². The van der Waals surface area contributed by atoms with Gasteiger partial charge in [-0.25, -0.2) is 13.2 Å². The summed E-state index contributed by atoms with van der Waals surface area (Å²) in [7, 11) is 0. The molecular weight excluding hydrogens is 277 g/mol. The molecule has 0 aliphatic carbocycles. The van der Waals surface area contributed by atoms with Crippen molar-refractivity contribution in [3.8, 4) is 0 Å². The van der Waals surface area contributed by atoms with E-state index in [0.29, 0.717) is 0 Å². The van der Waals surface area contributed by atoms with E-state index in [-0.39, 0.29) is 17.4 Å². The molecule has 0 bridgehead atoms. The molecule has 10 heteroatoms. The van der Waals surface area contributed by atoms with Crippen LogP contribution < -0.4 is 15.3 Å². The Kier molecular flexibility index (Phi) is 29.1. The van der Waals surface area contributed by atoms with E-state index in [0.717, 1.165) is 0 Å². The van der Waals surface area contributed by atoms with Crippen molar-refractivity contribution in [1.29, 1.82) is 0 Å². The van der Waals surface area contributed by atoms with Crippen molar-refractivity contribution < 1.29 is 60.2 Å². The normalized spacial score (nSPS) is 6.94. The number of hydrogen-bond acceptors (Lipinski definition) is 6. The fraction of sp³-hybridized carbons (Fsp3) is 0.500. The fourth-order valence-electron chi connectivity index (χ4n) is 0. The molecule has 16 heavy (non-hydrogen) atoms. The Balaban J connectivity index is -0.0000000655. The molecule has 93 valence electrons.